The average Bonchev–Trinajstić information content (AvgIpc) is 2.19. The van der Waals surface area contributed by atoms with Gasteiger partial charge in [-0.2, -0.15) is 0 Å². The van der Waals surface area contributed by atoms with Gasteiger partial charge in [-0.3, -0.25) is 0 Å². The predicted octanol–water partition coefficient (Wildman–Crippen LogP) is 3.76. The van der Waals surface area contributed by atoms with Gasteiger partial charge in [0.05, 0.1) is 6.10 Å². The number of hydrogen-bond acceptors (Lipinski definition) is 2. The summed E-state index contributed by atoms with van der Waals surface area (Å²) >= 11 is 11.6. The standard InChI is InChI=1S/C10H22Cl2O2Si/c1-8(2)15(13-5,9(3)4)14-10(6-11)7-12/h8-10H,6-7H2,1-5H3. The number of alkyl halides is 2. The van der Waals surface area contributed by atoms with Gasteiger partial charge in [0.25, 0.3) is 0 Å². The lowest BCUT2D eigenvalue weighted by molar-refractivity contribution is 0.143. The summed E-state index contributed by atoms with van der Waals surface area (Å²) in [5, 5.41) is 0. The lowest BCUT2D eigenvalue weighted by atomic mass is 10.5. The molecule has 2 nitrogen and oxygen atoms in total. The third-order valence-corrected chi connectivity index (χ3v) is 7.87. The van der Waals surface area contributed by atoms with Crippen molar-refractivity contribution in [3.05, 3.63) is 0 Å². The maximum absolute atomic E-state index is 6.06. The van der Waals surface area contributed by atoms with Crippen molar-refractivity contribution in [2.75, 3.05) is 18.9 Å². The van der Waals surface area contributed by atoms with Gasteiger partial charge in [-0.25, -0.2) is 0 Å². The van der Waals surface area contributed by atoms with Crippen molar-refractivity contribution in [3.63, 3.8) is 0 Å². The highest BCUT2D eigenvalue weighted by Crippen LogP contribution is 2.35. The molecule has 0 atom stereocenters. The molecular formula is C10H22Cl2O2Si. The molecule has 0 unspecified atom stereocenters. The van der Waals surface area contributed by atoms with Crippen molar-refractivity contribution in [2.24, 2.45) is 0 Å². The van der Waals surface area contributed by atoms with Gasteiger partial charge in [0, 0.05) is 18.9 Å². The van der Waals surface area contributed by atoms with Gasteiger partial charge < -0.3 is 8.85 Å². The monoisotopic (exact) mass is 272 g/mol. The fourth-order valence-electron chi connectivity index (χ4n) is 1.82. The molecule has 0 aromatic carbocycles. The van der Waals surface area contributed by atoms with E-state index < -0.39 is 8.56 Å². The first-order chi connectivity index (χ1) is 6.94. The Labute approximate surface area is 104 Å². The SMILES string of the molecule is CO[Si](OC(CCl)CCl)(C(C)C)C(C)C. The summed E-state index contributed by atoms with van der Waals surface area (Å²) in [7, 11) is -0.470. The van der Waals surface area contributed by atoms with E-state index in [1.54, 1.807) is 7.11 Å². The molecule has 0 fully saturated rings. The molecule has 15 heavy (non-hydrogen) atoms. The molecule has 0 spiro atoms. The molecule has 0 aromatic rings. The summed E-state index contributed by atoms with van der Waals surface area (Å²) in [4.78, 5) is 0. The quantitative estimate of drug-likeness (QED) is 0.519. The van der Waals surface area contributed by atoms with Crippen LogP contribution in [0.5, 0.6) is 0 Å². The molecule has 92 valence electrons. The first-order valence-corrected chi connectivity index (χ1v) is 8.33. The maximum Gasteiger partial charge on any atom is 0.343 e. The molecule has 0 heterocycles. The summed E-state index contributed by atoms with van der Waals surface area (Å²) in [5.74, 6) is 0.835. The third kappa shape index (κ3) is 3.90. The normalized spacial score (nSPS) is 13.2. The number of rotatable bonds is 7. The van der Waals surface area contributed by atoms with Crippen LogP contribution < -0.4 is 0 Å². The summed E-state index contributed by atoms with van der Waals surface area (Å²) in [6.45, 7) is 8.54. The van der Waals surface area contributed by atoms with Gasteiger partial charge in [-0.1, -0.05) is 27.7 Å². The minimum Gasteiger partial charge on any atom is -0.397 e. The summed E-state index contributed by atoms with van der Waals surface area (Å²) in [6.07, 6.45) is -0.107. The molecule has 0 radical (unpaired) electrons. The molecule has 0 N–H and O–H groups in total. The zero-order valence-corrected chi connectivity index (χ0v) is 12.7. The maximum atomic E-state index is 6.06. The zero-order chi connectivity index (χ0) is 12.1. The molecule has 0 bridgehead atoms. The van der Waals surface area contributed by atoms with Crippen molar-refractivity contribution in [1.29, 1.82) is 0 Å². The average molecular weight is 273 g/mol. The van der Waals surface area contributed by atoms with Crippen molar-refractivity contribution >= 4 is 31.8 Å². The zero-order valence-electron chi connectivity index (χ0n) is 10.2. The van der Waals surface area contributed by atoms with Crippen LogP contribution in [0.25, 0.3) is 0 Å². The Morgan fingerprint density at radius 2 is 1.40 bits per heavy atom. The van der Waals surface area contributed by atoms with Gasteiger partial charge in [-0.15, -0.1) is 23.2 Å². The van der Waals surface area contributed by atoms with Crippen molar-refractivity contribution in [2.45, 2.75) is 44.9 Å². The fraction of sp³-hybridized carbons (Fsp3) is 1.00. The van der Waals surface area contributed by atoms with Gasteiger partial charge in [0.1, 0.15) is 0 Å². The van der Waals surface area contributed by atoms with E-state index in [9.17, 15) is 0 Å². The second kappa shape index (κ2) is 7.12. The Bertz CT molecular complexity index is 165. The molecule has 0 aromatic heterocycles. The molecule has 5 heteroatoms. The van der Waals surface area contributed by atoms with Gasteiger partial charge >= 0.3 is 8.56 Å². The van der Waals surface area contributed by atoms with Crippen molar-refractivity contribution < 1.29 is 8.85 Å². The Morgan fingerprint density at radius 1 is 1.00 bits per heavy atom. The van der Waals surface area contributed by atoms with Crippen LogP contribution in [0.4, 0.5) is 0 Å². The van der Waals surface area contributed by atoms with Crippen LogP contribution in [0, 0.1) is 0 Å². The van der Waals surface area contributed by atoms with E-state index in [2.05, 4.69) is 27.7 Å². The van der Waals surface area contributed by atoms with Crippen LogP contribution >= 0.6 is 23.2 Å². The van der Waals surface area contributed by atoms with Crippen LogP contribution in [-0.2, 0) is 8.85 Å². The van der Waals surface area contributed by atoms with Gasteiger partial charge in [-0.05, 0) is 11.1 Å². The summed E-state index contributed by atoms with van der Waals surface area (Å²) in [6, 6.07) is 0. The lowest BCUT2D eigenvalue weighted by Crippen LogP contribution is -2.50. The van der Waals surface area contributed by atoms with Crippen LogP contribution in [0.15, 0.2) is 0 Å². The van der Waals surface area contributed by atoms with E-state index in [1.807, 2.05) is 0 Å². The molecule has 0 rings (SSSR count). The fourth-order valence-corrected chi connectivity index (χ4v) is 6.09. The van der Waals surface area contributed by atoms with E-state index in [1.165, 1.54) is 0 Å². The molecular weight excluding hydrogens is 251 g/mol. The largest absolute Gasteiger partial charge is 0.397 e. The second-order valence-corrected chi connectivity index (χ2v) is 9.30. The van der Waals surface area contributed by atoms with E-state index >= 15 is 0 Å². The number of halogens is 2. The van der Waals surface area contributed by atoms with Crippen LogP contribution in [0.3, 0.4) is 0 Å². The van der Waals surface area contributed by atoms with Gasteiger partial charge in [0.15, 0.2) is 0 Å². The van der Waals surface area contributed by atoms with E-state index in [-0.39, 0.29) is 6.10 Å². The Hall–Kier alpha value is 0.717. The topological polar surface area (TPSA) is 18.5 Å². The lowest BCUT2D eigenvalue weighted by Gasteiger charge is -2.38. The van der Waals surface area contributed by atoms with E-state index in [0.717, 1.165) is 0 Å². The third-order valence-electron chi connectivity index (χ3n) is 2.62. The smallest absolute Gasteiger partial charge is 0.343 e. The molecule has 0 amide bonds. The van der Waals surface area contributed by atoms with Crippen molar-refractivity contribution in [1.82, 2.24) is 0 Å². The summed E-state index contributed by atoms with van der Waals surface area (Å²) in [5.41, 5.74) is 0.771. The van der Waals surface area contributed by atoms with Crippen molar-refractivity contribution in [3.8, 4) is 0 Å². The molecule has 0 aliphatic carbocycles. The molecule has 0 saturated heterocycles. The first-order valence-electron chi connectivity index (χ1n) is 5.29. The van der Waals surface area contributed by atoms with Gasteiger partial charge in [0.2, 0.25) is 0 Å². The molecule has 0 aliphatic heterocycles. The van der Waals surface area contributed by atoms with E-state index in [0.29, 0.717) is 22.8 Å². The molecule has 0 aliphatic rings. The van der Waals surface area contributed by atoms with Crippen LogP contribution in [-0.4, -0.2) is 33.5 Å². The number of hydrogen-bond donors (Lipinski definition) is 0. The predicted molar refractivity (Wildman–Crippen MR) is 69.3 cm³/mol. The highest BCUT2D eigenvalue weighted by molar-refractivity contribution is 6.70. The Morgan fingerprint density at radius 3 is 1.60 bits per heavy atom. The molecule has 0 saturated carbocycles. The summed E-state index contributed by atoms with van der Waals surface area (Å²) < 4.78 is 11.8. The first kappa shape index (κ1) is 15.7. The second-order valence-electron chi connectivity index (χ2n) is 4.28. The minimum absolute atomic E-state index is 0.107. The van der Waals surface area contributed by atoms with E-state index in [4.69, 9.17) is 32.1 Å². The Kier molecular flexibility index (Phi) is 7.46. The van der Waals surface area contributed by atoms with Crippen LogP contribution in [0.2, 0.25) is 11.1 Å². The minimum atomic E-state index is -2.20. The van der Waals surface area contributed by atoms with Crippen LogP contribution in [0.1, 0.15) is 27.7 Å². The highest BCUT2D eigenvalue weighted by atomic mass is 35.5. The Balaban J connectivity index is 4.76. The highest BCUT2D eigenvalue weighted by Gasteiger charge is 2.45.